The number of hydrogen-bond acceptors (Lipinski definition) is 10. The Kier molecular flexibility index (Phi) is 6.61. The molecule has 1 aromatic carbocycles. The molecule has 13 heteroatoms. The van der Waals surface area contributed by atoms with Crippen LogP contribution in [0.1, 0.15) is 24.5 Å². The molecule has 4 rings (SSSR count). The maximum absolute atomic E-state index is 15.4. The van der Waals surface area contributed by atoms with Gasteiger partial charge in [0.25, 0.3) is 5.91 Å². The van der Waals surface area contributed by atoms with Crippen LogP contribution in [0.15, 0.2) is 23.0 Å². The maximum atomic E-state index is 15.4. The molecule has 0 radical (unpaired) electrons. The van der Waals surface area contributed by atoms with Gasteiger partial charge in [0.05, 0.1) is 23.8 Å². The first-order valence-electron chi connectivity index (χ1n) is 12.1. The zero-order chi connectivity index (χ0) is 29.4. The van der Waals surface area contributed by atoms with Crippen molar-refractivity contribution in [3.05, 3.63) is 39.9 Å². The minimum absolute atomic E-state index is 0.0875. The van der Waals surface area contributed by atoms with Gasteiger partial charge in [-0.1, -0.05) is 6.92 Å². The molecule has 0 heterocycles. The minimum atomic E-state index is -2.82. The first-order chi connectivity index (χ1) is 18.0. The Balaban J connectivity index is 1.95. The molecule has 0 aromatic heterocycles. The molecule has 0 unspecified atom stereocenters. The average molecular weight is 547 g/mol. The molecule has 0 spiro atoms. The molecule has 12 nitrogen and oxygen atoms in total. The van der Waals surface area contributed by atoms with Gasteiger partial charge in [-0.3, -0.25) is 24.1 Å². The van der Waals surface area contributed by atoms with Crippen LogP contribution in [0.2, 0.25) is 0 Å². The Morgan fingerprint density at radius 3 is 2.33 bits per heavy atom. The number of rotatable bonds is 5. The second-order valence-electron chi connectivity index (χ2n) is 11.1. The van der Waals surface area contributed by atoms with Crippen molar-refractivity contribution < 1.29 is 44.0 Å². The molecule has 0 bridgehead atoms. The van der Waals surface area contributed by atoms with Crippen LogP contribution in [0.3, 0.4) is 0 Å². The summed E-state index contributed by atoms with van der Waals surface area (Å²) in [6.45, 7) is 1.44. The molecule has 4 atom stereocenters. The van der Waals surface area contributed by atoms with Crippen molar-refractivity contribution in [2.75, 3.05) is 40.1 Å². The predicted octanol–water partition coefficient (Wildman–Crippen LogP) is -0.00670. The Morgan fingerprint density at radius 2 is 1.79 bits per heavy atom. The molecule has 0 aliphatic heterocycles. The van der Waals surface area contributed by atoms with Crippen molar-refractivity contribution >= 4 is 34.8 Å². The predicted molar refractivity (Wildman–Crippen MR) is 136 cm³/mol. The highest BCUT2D eigenvalue weighted by Crippen LogP contribution is 2.58. The van der Waals surface area contributed by atoms with Crippen molar-refractivity contribution in [2.45, 2.75) is 31.4 Å². The monoisotopic (exact) mass is 546 g/mol. The number of ketones is 2. The third-order valence-electron chi connectivity index (χ3n) is 7.81. The lowest BCUT2D eigenvalue weighted by atomic mass is 9.52. The Bertz CT molecular complexity index is 1400. The van der Waals surface area contributed by atoms with Gasteiger partial charge in [-0.25, -0.2) is 4.39 Å². The summed E-state index contributed by atoms with van der Waals surface area (Å²) >= 11 is 0. The summed E-state index contributed by atoms with van der Waals surface area (Å²) in [4.78, 5) is 54.4. The van der Waals surface area contributed by atoms with E-state index in [2.05, 4.69) is 5.32 Å². The number of fused-ring (bicyclic) bond motifs is 3. The summed E-state index contributed by atoms with van der Waals surface area (Å²) in [5.41, 5.74) is -1.15. The van der Waals surface area contributed by atoms with E-state index in [1.807, 2.05) is 0 Å². The Hall–Kier alpha value is -3.81. The normalized spacial score (nSPS) is 28.4. The molecule has 1 fully saturated rings. The van der Waals surface area contributed by atoms with E-state index in [4.69, 9.17) is 5.73 Å². The number of aromatic hydroxyl groups is 1. The van der Waals surface area contributed by atoms with E-state index in [-0.39, 0.29) is 30.6 Å². The first-order valence-corrected chi connectivity index (χ1v) is 12.1. The Labute approximate surface area is 223 Å². The zero-order valence-corrected chi connectivity index (χ0v) is 22.1. The van der Waals surface area contributed by atoms with E-state index in [0.29, 0.717) is 0 Å². The van der Waals surface area contributed by atoms with E-state index in [1.54, 1.807) is 19.0 Å². The van der Waals surface area contributed by atoms with Crippen LogP contribution in [-0.2, 0) is 25.6 Å². The number of phenolic OH excluding ortho intramolecular Hbond substituents is 1. The number of nitrogens with two attached hydrogens (primary N) is 1. The standard InChI is InChI=1S/C26H31FN4O8/c1-25-7-10-12(27)6-13(29-14(32)9-30(2)3)19(33)15(10)20(34)17(25)23(37)26(39)11(8-25)18(31(4)5)21(35)16(22(26)36)24(28)38/h6,11,18,33-34,36,39H,7-9H2,1-5H3,(H2,28,38)(H,29,32)/t11-,18-,25-,26+/m0/s1. The fourth-order valence-electron chi connectivity index (χ4n) is 6.21. The van der Waals surface area contributed by atoms with Gasteiger partial charge in [-0.2, -0.15) is 0 Å². The summed E-state index contributed by atoms with van der Waals surface area (Å²) in [6, 6.07) is -0.350. The fraction of sp³-hybridized carbons (Fsp3) is 0.462. The molecule has 7 N–H and O–H groups in total. The van der Waals surface area contributed by atoms with Gasteiger partial charge in [0.2, 0.25) is 11.7 Å². The van der Waals surface area contributed by atoms with E-state index in [1.165, 1.54) is 25.9 Å². The smallest absolute Gasteiger partial charge is 0.255 e. The van der Waals surface area contributed by atoms with Gasteiger partial charge in [0.15, 0.2) is 17.1 Å². The largest absolute Gasteiger partial charge is 0.508 e. The number of hydrogen-bond donors (Lipinski definition) is 6. The number of anilines is 1. The van der Waals surface area contributed by atoms with Crippen LogP contribution in [0.25, 0.3) is 5.76 Å². The first kappa shape index (κ1) is 28.2. The van der Waals surface area contributed by atoms with Crippen LogP contribution in [0, 0.1) is 17.2 Å². The third-order valence-corrected chi connectivity index (χ3v) is 7.81. The number of amides is 2. The van der Waals surface area contributed by atoms with Crippen LogP contribution in [-0.4, -0.2) is 100.0 Å². The van der Waals surface area contributed by atoms with E-state index >= 15 is 4.39 Å². The van der Waals surface area contributed by atoms with E-state index in [9.17, 15) is 39.6 Å². The number of nitrogens with one attached hydrogen (secondary N) is 1. The second-order valence-corrected chi connectivity index (χ2v) is 11.1. The average Bonchev–Trinajstić information content (AvgIpc) is 2.78. The van der Waals surface area contributed by atoms with Gasteiger partial charge < -0.3 is 36.4 Å². The quantitative estimate of drug-likeness (QED) is 0.216. The molecular formula is C26H31FN4O8. The highest BCUT2D eigenvalue weighted by molar-refractivity contribution is 6.24. The summed E-state index contributed by atoms with van der Waals surface area (Å²) in [5, 5.41) is 47.3. The van der Waals surface area contributed by atoms with Crippen LogP contribution >= 0.6 is 0 Å². The number of aliphatic hydroxyl groups excluding tert-OH is 2. The summed E-state index contributed by atoms with van der Waals surface area (Å²) in [5.74, 6) is -8.97. The third kappa shape index (κ3) is 3.99. The number of nitrogens with zero attached hydrogens (tertiary/aromatic N) is 2. The SMILES string of the molecule is CN(C)CC(=O)Nc1cc(F)c2c(c1O)C(O)=C1C(=O)[C@]3(O)C(O)=C(C(N)=O)C(=O)[C@@H](N(C)C)[C@@H]3C[C@]1(C)C2. The molecular weight excluding hydrogens is 515 g/mol. The van der Waals surface area contributed by atoms with Gasteiger partial charge in [-0.15, -0.1) is 0 Å². The topological polar surface area (TPSA) is 194 Å². The molecule has 1 saturated carbocycles. The molecule has 210 valence electrons. The van der Waals surface area contributed by atoms with Crippen molar-refractivity contribution in [3.63, 3.8) is 0 Å². The van der Waals surface area contributed by atoms with Crippen molar-refractivity contribution in [3.8, 4) is 5.75 Å². The van der Waals surface area contributed by atoms with E-state index < -0.39 is 86.2 Å². The summed E-state index contributed by atoms with van der Waals surface area (Å²) in [7, 11) is 6.23. The number of aliphatic hydroxyl groups is 3. The molecule has 39 heavy (non-hydrogen) atoms. The number of Topliss-reactive ketones (excluding diaryl/α,β-unsaturated/α-hetero) is 2. The van der Waals surface area contributed by atoms with Crippen molar-refractivity contribution in [1.29, 1.82) is 0 Å². The number of benzene rings is 1. The van der Waals surface area contributed by atoms with Crippen LogP contribution in [0.4, 0.5) is 10.1 Å². The number of phenols is 1. The van der Waals surface area contributed by atoms with Gasteiger partial charge >= 0.3 is 0 Å². The molecule has 3 aliphatic rings. The minimum Gasteiger partial charge on any atom is -0.508 e. The molecule has 0 saturated heterocycles. The number of carbonyl (C=O) groups excluding carboxylic acids is 4. The zero-order valence-electron chi connectivity index (χ0n) is 22.1. The van der Waals surface area contributed by atoms with E-state index in [0.717, 1.165) is 6.07 Å². The maximum Gasteiger partial charge on any atom is 0.255 e. The Morgan fingerprint density at radius 1 is 1.18 bits per heavy atom. The van der Waals surface area contributed by atoms with Gasteiger partial charge in [0, 0.05) is 28.5 Å². The molecule has 3 aliphatic carbocycles. The molecule has 1 aromatic rings. The van der Waals surface area contributed by atoms with Gasteiger partial charge in [0.1, 0.15) is 22.9 Å². The lowest BCUT2D eigenvalue weighted by molar-refractivity contribution is -0.156. The van der Waals surface area contributed by atoms with Crippen LogP contribution < -0.4 is 11.1 Å². The number of primary amides is 1. The second kappa shape index (κ2) is 9.14. The van der Waals surface area contributed by atoms with Crippen molar-refractivity contribution in [1.82, 2.24) is 9.80 Å². The summed E-state index contributed by atoms with van der Waals surface area (Å²) < 4.78 is 15.4. The highest BCUT2D eigenvalue weighted by Gasteiger charge is 2.66. The summed E-state index contributed by atoms with van der Waals surface area (Å²) in [6.07, 6.45) is -0.423. The van der Waals surface area contributed by atoms with Crippen molar-refractivity contribution in [2.24, 2.45) is 17.1 Å². The number of carbonyl (C=O) groups is 4. The molecule has 2 amide bonds. The van der Waals surface area contributed by atoms with Crippen LogP contribution in [0.5, 0.6) is 5.75 Å². The highest BCUT2D eigenvalue weighted by atomic mass is 19.1. The number of likely N-dealkylation sites (N-methyl/N-ethyl adjacent to an activating group) is 2. The lowest BCUT2D eigenvalue weighted by Gasteiger charge is -2.53. The number of halogens is 1. The fourth-order valence-corrected chi connectivity index (χ4v) is 6.21. The van der Waals surface area contributed by atoms with Gasteiger partial charge in [-0.05, 0) is 41.0 Å². The lowest BCUT2D eigenvalue weighted by Crippen LogP contribution is -2.67.